The average Bonchev–Trinajstić information content (AvgIpc) is 4.36. The first-order valence-electron chi connectivity index (χ1n) is 27.6. The van der Waals surface area contributed by atoms with Crippen LogP contribution >= 0.6 is 15.9 Å². The number of aliphatic hydroxyl groups is 1. The van der Waals surface area contributed by atoms with Gasteiger partial charge in [-0.3, -0.25) is 14.5 Å². The lowest BCUT2D eigenvalue weighted by Crippen LogP contribution is -2.47. The molecule has 414 valence electrons. The van der Waals surface area contributed by atoms with Gasteiger partial charge in [0.15, 0.2) is 0 Å². The first-order valence-corrected chi connectivity index (χ1v) is 28.4. The van der Waals surface area contributed by atoms with Crippen LogP contribution in [0.1, 0.15) is 104 Å². The number of aliphatic hydroxyl groups excluding tert-OH is 1. The topological polar surface area (TPSA) is 207 Å². The number of ether oxygens (including phenoxy) is 2. The summed E-state index contributed by atoms with van der Waals surface area (Å²) < 4.78 is 23.5. The number of ketones is 2. The summed E-state index contributed by atoms with van der Waals surface area (Å²) in [6, 6.07) is 24.3. The lowest BCUT2D eigenvalue weighted by Gasteiger charge is -2.36. The quantitative estimate of drug-likeness (QED) is 0.0644. The van der Waals surface area contributed by atoms with Gasteiger partial charge >= 0.3 is 0 Å². The van der Waals surface area contributed by atoms with E-state index in [4.69, 9.17) is 28.5 Å². The Kier molecular flexibility index (Phi) is 17.4. The maximum atomic E-state index is 13.6. The molecule has 11 rings (SSSR count). The number of carbonyl (C=O) groups excluding carboxylic acids is 2. The summed E-state index contributed by atoms with van der Waals surface area (Å²) in [6.07, 6.45) is 10.5. The van der Waals surface area contributed by atoms with Gasteiger partial charge in [-0.2, -0.15) is 0 Å². The number of aryl methyl sites for hydroxylation is 6. The molecule has 4 aromatic carbocycles. The second kappa shape index (κ2) is 25.1. The molecule has 0 amide bonds. The van der Waals surface area contributed by atoms with Crippen LogP contribution in [0.15, 0.2) is 98.7 Å². The zero-order valence-electron chi connectivity index (χ0n) is 46.2. The molecule has 2 aliphatic carbocycles. The fraction of sp³-hybridized carbons (Fsp3) is 0.355. The molecule has 0 radical (unpaired) electrons. The van der Waals surface area contributed by atoms with E-state index in [1.54, 1.807) is 20.4 Å². The molecule has 3 aliphatic rings. The smallest absolute Gasteiger partial charge is 0.227 e. The van der Waals surface area contributed by atoms with Gasteiger partial charge < -0.3 is 39.2 Å². The number of methoxy groups -OCH3 is 2. The van der Waals surface area contributed by atoms with Crippen LogP contribution in [-0.2, 0) is 64.2 Å². The molecule has 1 saturated heterocycles. The second-order valence-corrected chi connectivity index (χ2v) is 21.0. The Bertz CT molecular complexity index is 3510. The number of rotatable bonds is 19. The number of piperazine rings is 1. The van der Waals surface area contributed by atoms with E-state index in [1.807, 2.05) is 36.5 Å². The Hall–Kier alpha value is -7.80. The molecule has 18 heteroatoms. The summed E-state index contributed by atoms with van der Waals surface area (Å²) in [5.74, 6) is 2.77. The van der Waals surface area contributed by atoms with Crippen LogP contribution in [0.4, 0.5) is 29.0 Å². The van der Waals surface area contributed by atoms with Crippen LogP contribution in [0, 0.1) is 0 Å². The third kappa shape index (κ3) is 11.7. The summed E-state index contributed by atoms with van der Waals surface area (Å²) >= 11 is 3.46. The zero-order valence-corrected chi connectivity index (χ0v) is 47.8. The van der Waals surface area contributed by atoms with Crippen molar-refractivity contribution in [1.82, 2.24) is 35.1 Å². The Balaban J connectivity index is 0.000000184. The van der Waals surface area contributed by atoms with Crippen LogP contribution in [-0.4, -0.2) is 105 Å². The number of anilines is 5. The molecule has 4 aromatic heterocycles. The highest BCUT2D eigenvalue weighted by molar-refractivity contribution is 9.10. The minimum absolute atomic E-state index is 0.0465. The lowest BCUT2D eigenvalue weighted by molar-refractivity contribution is 0.0948. The van der Waals surface area contributed by atoms with Crippen LogP contribution in [0.2, 0.25) is 0 Å². The van der Waals surface area contributed by atoms with E-state index >= 15 is 0 Å². The molecule has 8 aromatic rings. The van der Waals surface area contributed by atoms with Crippen molar-refractivity contribution >= 4 is 56.5 Å². The standard InChI is InChI=1S/C34H40N6O4.C28H27BrN4O3/c1-4-22-7-6-8-23(5-2)27(22)20-29(42)33-26-11-9-24-21-35-34(37-31(24)32(26)38-44-33)36-28-12-10-25(19-30(28)43-3)40-15-13-39(14-16-40)17-18-41;1-4-16-7-6-8-17(5-2)21(16)14-23(34)27-20-11-9-18-15-30-28(32-25(18)26(20)33-36-27)31-22-12-10-19(29)13-24(22)35-3/h6-8,10,12,19,21,41H,4-5,9,11,13-18,20H2,1-3H3,(H,35,36,37);6-8,10,12-13,15H,4-5,9,11,14H2,1-3H3,(H,30,31,32). The van der Waals surface area contributed by atoms with E-state index in [0.717, 1.165) is 113 Å². The summed E-state index contributed by atoms with van der Waals surface area (Å²) in [7, 11) is 3.27. The molecule has 3 N–H and O–H groups in total. The summed E-state index contributed by atoms with van der Waals surface area (Å²) in [5.41, 5.74) is 15.8. The average molecular weight is 1140 g/mol. The first-order chi connectivity index (χ1) is 39.0. The molecule has 0 spiro atoms. The third-order valence-corrected chi connectivity index (χ3v) is 16.0. The number of nitrogens with one attached hydrogen (secondary N) is 2. The van der Waals surface area contributed by atoms with E-state index in [2.05, 4.69) is 127 Å². The van der Waals surface area contributed by atoms with E-state index in [1.165, 1.54) is 22.3 Å². The molecule has 0 atom stereocenters. The number of halogens is 1. The van der Waals surface area contributed by atoms with E-state index in [0.29, 0.717) is 96.3 Å². The monoisotopic (exact) mass is 1140 g/mol. The van der Waals surface area contributed by atoms with Gasteiger partial charge in [-0.15, -0.1) is 0 Å². The predicted molar refractivity (Wildman–Crippen MR) is 312 cm³/mol. The minimum Gasteiger partial charge on any atom is -0.495 e. The molecule has 1 aliphatic heterocycles. The number of hydrogen-bond acceptors (Lipinski definition) is 17. The molecular weight excluding hydrogens is 1080 g/mol. The Labute approximate surface area is 474 Å². The Morgan fingerprint density at radius 1 is 0.613 bits per heavy atom. The maximum Gasteiger partial charge on any atom is 0.227 e. The van der Waals surface area contributed by atoms with Crippen LogP contribution in [0.5, 0.6) is 11.5 Å². The minimum atomic E-state index is -0.0511. The molecule has 17 nitrogen and oxygen atoms in total. The van der Waals surface area contributed by atoms with Crippen molar-refractivity contribution in [3.05, 3.63) is 157 Å². The molecule has 0 bridgehead atoms. The first kappa shape index (κ1) is 55.5. The highest BCUT2D eigenvalue weighted by Crippen LogP contribution is 2.39. The maximum absolute atomic E-state index is 13.6. The second-order valence-electron chi connectivity index (χ2n) is 20.1. The van der Waals surface area contributed by atoms with Crippen molar-refractivity contribution in [3.63, 3.8) is 0 Å². The van der Waals surface area contributed by atoms with Crippen molar-refractivity contribution in [2.24, 2.45) is 0 Å². The fourth-order valence-electron chi connectivity index (χ4n) is 11.1. The molecule has 0 unspecified atom stereocenters. The molecular formula is C62H67BrN10O7. The fourth-order valence-corrected chi connectivity index (χ4v) is 11.5. The van der Waals surface area contributed by atoms with Crippen molar-refractivity contribution in [3.8, 4) is 34.3 Å². The number of carbonyl (C=O) groups is 2. The van der Waals surface area contributed by atoms with Gasteiger partial charge in [0.1, 0.15) is 34.3 Å². The molecule has 5 heterocycles. The van der Waals surface area contributed by atoms with Gasteiger partial charge in [-0.05, 0) is 126 Å². The van der Waals surface area contributed by atoms with E-state index in [9.17, 15) is 14.7 Å². The molecule has 1 fully saturated rings. The summed E-state index contributed by atoms with van der Waals surface area (Å²) in [4.78, 5) is 50.2. The van der Waals surface area contributed by atoms with E-state index in [-0.39, 0.29) is 18.2 Å². The molecule has 0 saturated carbocycles. The Morgan fingerprint density at radius 3 is 1.52 bits per heavy atom. The van der Waals surface area contributed by atoms with Gasteiger partial charge in [0.2, 0.25) is 35.0 Å². The van der Waals surface area contributed by atoms with Crippen LogP contribution in [0.25, 0.3) is 22.8 Å². The number of fused-ring (bicyclic) bond motifs is 6. The van der Waals surface area contributed by atoms with Gasteiger partial charge in [0.25, 0.3) is 0 Å². The highest BCUT2D eigenvalue weighted by atomic mass is 79.9. The summed E-state index contributed by atoms with van der Waals surface area (Å²) in [5, 5.41) is 24.4. The number of β-amino-alcohol motifs (C(OH)–C–C–N with tert-alkyl or cyclic N) is 1. The van der Waals surface area contributed by atoms with Crippen molar-refractivity contribution < 1.29 is 33.2 Å². The SMILES string of the molecule is CCc1cccc(CC)c1CC(=O)c1onc2c1CCc1cnc(Nc3ccc(Br)cc3OC)nc1-2.CCc1cccc(CC)c1CC(=O)c1onc2c1CCc1cnc(Nc3ccc(N4CCN(CCO)CC4)cc3OC)nc1-2. The number of Topliss-reactive ketones (excluding diaryl/α,β-unsaturated/α-hetero) is 2. The Morgan fingerprint density at radius 2 is 1.07 bits per heavy atom. The van der Waals surface area contributed by atoms with E-state index < -0.39 is 0 Å². The van der Waals surface area contributed by atoms with Gasteiger partial charge in [0, 0.05) is 85.3 Å². The van der Waals surface area contributed by atoms with Gasteiger partial charge in [-0.1, -0.05) is 90.3 Å². The van der Waals surface area contributed by atoms with Gasteiger partial charge in [-0.25, -0.2) is 19.9 Å². The number of aromatic nitrogens is 6. The zero-order chi connectivity index (χ0) is 55.9. The summed E-state index contributed by atoms with van der Waals surface area (Å²) in [6.45, 7) is 13.0. The predicted octanol–water partition coefficient (Wildman–Crippen LogP) is 10.9. The number of benzene rings is 4. The normalized spacial score (nSPS) is 13.5. The van der Waals surface area contributed by atoms with Crippen LogP contribution < -0.4 is 25.0 Å². The third-order valence-electron chi connectivity index (χ3n) is 15.5. The van der Waals surface area contributed by atoms with Crippen molar-refractivity contribution in [1.29, 1.82) is 0 Å². The molecule has 80 heavy (non-hydrogen) atoms. The highest BCUT2D eigenvalue weighted by Gasteiger charge is 2.32. The largest absolute Gasteiger partial charge is 0.495 e. The van der Waals surface area contributed by atoms with Crippen LogP contribution in [0.3, 0.4) is 0 Å². The number of hydrogen-bond donors (Lipinski definition) is 3. The van der Waals surface area contributed by atoms with Crippen molar-refractivity contribution in [2.45, 2.75) is 91.9 Å². The van der Waals surface area contributed by atoms with Crippen molar-refractivity contribution in [2.75, 3.05) is 69.1 Å². The number of nitrogens with zero attached hydrogens (tertiary/aromatic N) is 8. The lowest BCUT2D eigenvalue weighted by atomic mass is 9.89. The van der Waals surface area contributed by atoms with Gasteiger partial charge in [0.05, 0.1) is 32.2 Å².